The summed E-state index contributed by atoms with van der Waals surface area (Å²) in [6.45, 7) is 11.2. The topological polar surface area (TPSA) is 85.1 Å². The molecule has 0 fully saturated rings. The molecule has 0 bridgehead atoms. The number of carbonyl (C=O) groups excluding carboxylic acids is 1. The maximum Gasteiger partial charge on any atom is 0.250 e. The number of nitrogens with one attached hydrogen (secondary N) is 1. The van der Waals surface area contributed by atoms with Gasteiger partial charge in [0.1, 0.15) is 0 Å². The first-order valence-electron chi connectivity index (χ1n) is 10.2. The van der Waals surface area contributed by atoms with E-state index < -0.39 is 0 Å². The van der Waals surface area contributed by atoms with E-state index in [1.165, 1.54) is 17.3 Å². The van der Waals surface area contributed by atoms with E-state index in [2.05, 4.69) is 70.7 Å². The summed E-state index contributed by atoms with van der Waals surface area (Å²) in [5.74, 6) is 0.802. The normalized spacial score (nSPS) is 12.1. The monoisotopic (exact) mass is 436 g/mol. The van der Waals surface area contributed by atoms with Gasteiger partial charge in [0.25, 0.3) is 5.91 Å². The Morgan fingerprint density at radius 2 is 1.90 bits per heavy atom. The summed E-state index contributed by atoms with van der Waals surface area (Å²) in [5, 5.41) is 13.5. The highest BCUT2D eigenvalue weighted by atomic mass is 32.2. The summed E-state index contributed by atoms with van der Waals surface area (Å²) in [6, 6.07) is 12.1. The van der Waals surface area contributed by atoms with Crippen molar-refractivity contribution in [2.24, 2.45) is 5.10 Å². The third-order valence-corrected chi connectivity index (χ3v) is 5.77. The molecule has 0 radical (unpaired) electrons. The van der Waals surface area contributed by atoms with Gasteiger partial charge in [-0.05, 0) is 30.9 Å². The van der Waals surface area contributed by atoms with Gasteiger partial charge in [-0.3, -0.25) is 9.78 Å². The molecule has 1 aromatic carbocycles. The molecular formula is C23H28N6OS. The first kappa shape index (κ1) is 22.7. The summed E-state index contributed by atoms with van der Waals surface area (Å²) < 4.78 is 2.02. The lowest BCUT2D eigenvalue weighted by molar-refractivity contribution is -0.118. The van der Waals surface area contributed by atoms with E-state index in [9.17, 15) is 4.79 Å². The van der Waals surface area contributed by atoms with Gasteiger partial charge in [-0.1, -0.05) is 62.9 Å². The van der Waals surface area contributed by atoms with E-state index in [1.807, 2.05) is 30.5 Å². The van der Waals surface area contributed by atoms with Crippen molar-refractivity contribution in [2.45, 2.75) is 51.7 Å². The fraction of sp³-hybridized carbons (Fsp3) is 0.348. The van der Waals surface area contributed by atoms with Crippen LogP contribution in [0.5, 0.6) is 0 Å². The predicted molar refractivity (Wildman–Crippen MR) is 125 cm³/mol. The van der Waals surface area contributed by atoms with Crippen LogP contribution in [-0.2, 0) is 16.8 Å². The SMILES string of the molecule is CCn1c(SCC(=O)N/N=C(/C)c2cccnc2)nnc1-c1ccc(C(C)(C)C)cc1. The molecule has 1 amide bonds. The first-order valence-corrected chi connectivity index (χ1v) is 11.2. The largest absolute Gasteiger partial charge is 0.302 e. The minimum atomic E-state index is -0.199. The number of hydrogen-bond donors (Lipinski definition) is 1. The Bertz CT molecular complexity index is 1050. The molecule has 0 aliphatic carbocycles. The summed E-state index contributed by atoms with van der Waals surface area (Å²) in [6.07, 6.45) is 3.40. The first-order chi connectivity index (χ1) is 14.8. The van der Waals surface area contributed by atoms with Gasteiger partial charge in [-0.25, -0.2) is 5.43 Å². The predicted octanol–water partition coefficient (Wildman–Crippen LogP) is 4.29. The van der Waals surface area contributed by atoms with Gasteiger partial charge in [0.05, 0.1) is 11.5 Å². The average molecular weight is 437 g/mol. The number of carbonyl (C=O) groups is 1. The molecular weight excluding hydrogens is 408 g/mol. The number of hydrazone groups is 1. The molecule has 3 aromatic rings. The van der Waals surface area contributed by atoms with Crippen molar-refractivity contribution in [3.8, 4) is 11.4 Å². The fourth-order valence-corrected chi connectivity index (χ4v) is 3.76. The summed E-state index contributed by atoms with van der Waals surface area (Å²) in [7, 11) is 0. The van der Waals surface area contributed by atoms with E-state index in [1.54, 1.807) is 12.4 Å². The zero-order chi connectivity index (χ0) is 22.4. The van der Waals surface area contributed by atoms with Gasteiger partial charge in [-0.15, -0.1) is 10.2 Å². The lowest BCUT2D eigenvalue weighted by Crippen LogP contribution is -2.21. The van der Waals surface area contributed by atoms with Crippen LogP contribution >= 0.6 is 11.8 Å². The molecule has 0 aliphatic rings. The smallest absolute Gasteiger partial charge is 0.250 e. The maximum absolute atomic E-state index is 12.2. The quantitative estimate of drug-likeness (QED) is 0.339. The standard InChI is InChI=1S/C23H28N6OS/c1-6-29-21(17-9-11-19(12-10-17)23(3,4)5)27-28-22(29)31-15-20(30)26-25-16(2)18-8-7-13-24-14-18/h7-14H,6,15H2,1-5H3,(H,26,30)/b25-16-. The molecule has 0 aliphatic heterocycles. The molecule has 162 valence electrons. The Morgan fingerprint density at radius 3 is 2.52 bits per heavy atom. The number of pyridine rings is 1. The van der Waals surface area contributed by atoms with Gasteiger partial charge >= 0.3 is 0 Å². The molecule has 0 atom stereocenters. The van der Waals surface area contributed by atoms with Crippen molar-refractivity contribution in [3.63, 3.8) is 0 Å². The van der Waals surface area contributed by atoms with Crippen LogP contribution < -0.4 is 5.43 Å². The Kier molecular flexibility index (Phi) is 7.22. The second-order valence-electron chi connectivity index (χ2n) is 8.14. The highest BCUT2D eigenvalue weighted by Crippen LogP contribution is 2.27. The maximum atomic E-state index is 12.2. The molecule has 3 rings (SSSR count). The van der Waals surface area contributed by atoms with Crippen LogP contribution in [0.2, 0.25) is 0 Å². The number of thioether (sulfide) groups is 1. The van der Waals surface area contributed by atoms with Gasteiger partial charge in [0.2, 0.25) is 0 Å². The molecule has 0 spiro atoms. The van der Waals surface area contributed by atoms with Crippen LogP contribution in [0.3, 0.4) is 0 Å². The van der Waals surface area contributed by atoms with Gasteiger partial charge < -0.3 is 4.57 Å². The number of aromatic nitrogens is 4. The lowest BCUT2D eigenvalue weighted by Gasteiger charge is -2.19. The molecule has 0 saturated heterocycles. The van der Waals surface area contributed by atoms with Gasteiger partial charge in [-0.2, -0.15) is 5.10 Å². The number of hydrogen-bond acceptors (Lipinski definition) is 6. The summed E-state index contributed by atoms with van der Waals surface area (Å²) in [4.78, 5) is 16.3. The van der Waals surface area contributed by atoms with Crippen molar-refractivity contribution < 1.29 is 4.79 Å². The van der Waals surface area contributed by atoms with Gasteiger partial charge in [0, 0.05) is 30.1 Å². The lowest BCUT2D eigenvalue weighted by atomic mass is 9.87. The molecule has 1 N–H and O–H groups in total. The van der Waals surface area contributed by atoms with Crippen LogP contribution in [0.4, 0.5) is 0 Å². The van der Waals surface area contributed by atoms with Crippen molar-refractivity contribution in [3.05, 3.63) is 59.9 Å². The van der Waals surface area contributed by atoms with Crippen LogP contribution in [0.15, 0.2) is 59.0 Å². The molecule has 0 saturated carbocycles. The molecule has 8 heteroatoms. The van der Waals surface area contributed by atoms with Crippen LogP contribution in [-0.4, -0.2) is 37.1 Å². The minimum absolute atomic E-state index is 0.100. The van der Waals surface area contributed by atoms with Gasteiger partial charge in [0.15, 0.2) is 11.0 Å². The molecule has 2 aromatic heterocycles. The average Bonchev–Trinajstić information content (AvgIpc) is 3.19. The van der Waals surface area contributed by atoms with Crippen molar-refractivity contribution in [1.82, 2.24) is 25.2 Å². The van der Waals surface area contributed by atoms with Crippen LogP contribution in [0, 0.1) is 0 Å². The number of nitrogens with zero attached hydrogens (tertiary/aromatic N) is 5. The van der Waals surface area contributed by atoms with E-state index in [0.717, 1.165) is 17.0 Å². The molecule has 31 heavy (non-hydrogen) atoms. The van der Waals surface area contributed by atoms with Crippen LogP contribution in [0.1, 0.15) is 45.7 Å². The second kappa shape index (κ2) is 9.87. The number of benzene rings is 1. The van der Waals surface area contributed by atoms with E-state index >= 15 is 0 Å². The fourth-order valence-electron chi connectivity index (χ4n) is 2.96. The Labute approximate surface area is 187 Å². The minimum Gasteiger partial charge on any atom is -0.302 e. The van der Waals surface area contributed by atoms with Crippen molar-refractivity contribution in [1.29, 1.82) is 0 Å². The molecule has 2 heterocycles. The Hall–Kier alpha value is -3.00. The highest BCUT2D eigenvalue weighted by molar-refractivity contribution is 7.99. The van der Waals surface area contributed by atoms with Crippen molar-refractivity contribution >= 4 is 23.4 Å². The summed E-state index contributed by atoms with van der Waals surface area (Å²) >= 11 is 1.35. The van der Waals surface area contributed by atoms with Crippen LogP contribution in [0.25, 0.3) is 11.4 Å². The Morgan fingerprint density at radius 1 is 1.16 bits per heavy atom. The zero-order valence-corrected chi connectivity index (χ0v) is 19.4. The summed E-state index contributed by atoms with van der Waals surface area (Å²) in [5.41, 5.74) is 6.53. The van der Waals surface area contributed by atoms with E-state index in [-0.39, 0.29) is 17.1 Å². The number of rotatable bonds is 7. The zero-order valence-electron chi connectivity index (χ0n) is 18.6. The van der Waals surface area contributed by atoms with E-state index in [0.29, 0.717) is 17.4 Å². The third-order valence-electron chi connectivity index (χ3n) is 4.80. The van der Waals surface area contributed by atoms with E-state index in [4.69, 9.17) is 0 Å². The molecule has 0 unspecified atom stereocenters. The number of amides is 1. The van der Waals surface area contributed by atoms with Crippen molar-refractivity contribution in [2.75, 3.05) is 5.75 Å². The highest BCUT2D eigenvalue weighted by Gasteiger charge is 2.17. The second-order valence-corrected chi connectivity index (χ2v) is 9.08. The third kappa shape index (κ3) is 5.79. The Balaban J connectivity index is 1.65. The molecule has 7 nitrogen and oxygen atoms in total.